The molecule has 0 saturated carbocycles. The van der Waals surface area contributed by atoms with Gasteiger partial charge in [-0.2, -0.15) is 5.10 Å². The van der Waals surface area contributed by atoms with Crippen LogP contribution in [0.4, 0.5) is 0 Å². The number of hydrogen-bond donors (Lipinski definition) is 1. The van der Waals surface area contributed by atoms with Crippen LogP contribution in [-0.4, -0.2) is 58.1 Å². The molecule has 1 amide bonds. The average Bonchev–Trinajstić information content (AvgIpc) is 3.19. The van der Waals surface area contributed by atoms with Crippen LogP contribution in [0.1, 0.15) is 16.3 Å². The minimum absolute atomic E-state index is 0.0908. The number of nitrogens with zero attached hydrogens (tertiary/aromatic N) is 3. The van der Waals surface area contributed by atoms with Gasteiger partial charge in [-0.05, 0) is 18.2 Å². The summed E-state index contributed by atoms with van der Waals surface area (Å²) in [5.74, 6) is 0.799. The van der Waals surface area contributed by atoms with Crippen molar-refractivity contribution in [2.45, 2.75) is 12.6 Å². The third-order valence-electron chi connectivity index (χ3n) is 3.38. The number of hydrogen-bond acceptors (Lipinski definition) is 5. The van der Waals surface area contributed by atoms with Gasteiger partial charge in [0.15, 0.2) is 5.76 Å². The summed E-state index contributed by atoms with van der Waals surface area (Å²) >= 11 is 0. The first-order valence-corrected chi connectivity index (χ1v) is 6.84. The standard InChI is InChI=1S/C14H17N3O4/c18-10-12-8-16(6-7-20-12)14(19)13-3-2-11(21-13)9-17-5-1-4-15-17/h1-5,12,18H,6-10H2. The van der Waals surface area contributed by atoms with Crippen molar-refractivity contribution in [3.63, 3.8) is 0 Å². The minimum atomic E-state index is -0.318. The number of carbonyl (C=O) groups is 1. The van der Waals surface area contributed by atoms with Gasteiger partial charge in [-0.1, -0.05) is 0 Å². The highest BCUT2D eigenvalue weighted by atomic mass is 16.5. The smallest absolute Gasteiger partial charge is 0.289 e. The van der Waals surface area contributed by atoms with Gasteiger partial charge in [0.05, 0.1) is 25.9 Å². The van der Waals surface area contributed by atoms with Gasteiger partial charge in [0.2, 0.25) is 0 Å². The summed E-state index contributed by atoms with van der Waals surface area (Å²) in [7, 11) is 0. The van der Waals surface area contributed by atoms with Crippen molar-refractivity contribution in [3.8, 4) is 0 Å². The third kappa shape index (κ3) is 3.14. The molecule has 1 atom stereocenters. The molecule has 1 aliphatic heterocycles. The van der Waals surface area contributed by atoms with Gasteiger partial charge >= 0.3 is 0 Å². The topological polar surface area (TPSA) is 80.7 Å². The zero-order chi connectivity index (χ0) is 14.7. The van der Waals surface area contributed by atoms with E-state index in [0.717, 1.165) is 0 Å². The van der Waals surface area contributed by atoms with Crippen molar-refractivity contribution in [2.24, 2.45) is 0 Å². The molecule has 1 fully saturated rings. The molecule has 1 unspecified atom stereocenters. The first-order valence-electron chi connectivity index (χ1n) is 6.84. The van der Waals surface area contributed by atoms with E-state index in [9.17, 15) is 4.79 Å². The Morgan fingerprint density at radius 2 is 2.38 bits per heavy atom. The lowest BCUT2D eigenvalue weighted by Gasteiger charge is -2.31. The molecule has 7 nitrogen and oxygen atoms in total. The first-order chi connectivity index (χ1) is 10.3. The number of carbonyl (C=O) groups excluding carboxylic acids is 1. The molecule has 2 aromatic rings. The van der Waals surface area contributed by atoms with Gasteiger partial charge in [-0.25, -0.2) is 0 Å². The number of rotatable bonds is 4. The Morgan fingerprint density at radius 1 is 1.48 bits per heavy atom. The second-order valence-electron chi connectivity index (χ2n) is 4.90. The van der Waals surface area contributed by atoms with Gasteiger partial charge < -0.3 is 19.2 Å². The molecule has 112 valence electrons. The van der Waals surface area contributed by atoms with Crippen molar-refractivity contribution < 1.29 is 19.1 Å². The van der Waals surface area contributed by atoms with Crippen molar-refractivity contribution in [2.75, 3.05) is 26.3 Å². The first kappa shape index (κ1) is 13.8. The summed E-state index contributed by atoms with van der Waals surface area (Å²) in [6.45, 7) is 1.71. The largest absolute Gasteiger partial charge is 0.454 e. The fourth-order valence-electron chi connectivity index (χ4n) is 2.30. The van der Waals surface area contributed by atoms with Crippen LogP contribution in [0.3, 0.4) is 0 Å². The van der Waals surface area contributed by atoms with E-state index in [4.69, 9.17) is 14.3 Å². The van der Waals surface area contributed by atoms with E-state index >= 15 is 0 Å². The number of aromatic nitrogens is 2. The predicted octanol–water partition coefficient (Wildman–Crippen LogP) is 0.358. The predicted molar refractivity (Wildman–Crippen MR) is 72.8 cm³/mol. The van der Waals surface area contributed by atoms with Gasteiger partial charge in [-0.15, -0.1) is 0 Å². The number of amides is 1. The molecule has 0 aromatic carbocycles. The quantitative estimate of drug-likeness (QED) is 0.879. The van der Waals surface area contributed by atoms with Gasteiger partial charge in [0.25, 0.3) is 5.91 Å². The molecule has 0 aliphatic carbocycles. The van der Waals surface area contributed by atoms with Crippen molar-refractivity contribution in [3.05, 3.63) is 42.1 Å². The highest BCUT2D eigenvalue weighted by molar-refractivity contribution is 5.91. The Bertz CT molecular complexity index is 593. The molecular weight excluding hydrogens is 274 g/mol. The van der Waals surface area contributed by atoms with Crippen LogP contribution in [0.2, 0.25) is 0 Å². The van der Waals surface area contributed by atoms with Crippen LogP contribution < -0.4 is 0 Å². The fourth-order valence-corrected chi connectivity index (χ4v) is 2.30. The number of aliphatic hydroxyl groups is 1. The lowest BCUT2D eigenvalue weighted by Crippen LogP contribution is -2.46. The molecule has 1 aliphatic rings. The molecule has 21 heavy (non-hydrogen) atoms. The minimum Gasteiger partial charge on any atom is -0.454 e. The second-order valence-corrected chi connectivity index (χ2v) is 4.90. The summed E-state index contributed by atoms with van der Waals surface area (Å²) in [6, 6.07) is 5.28. The highest BCUT2D eigenvalue weighted by Gasteiger charge is 2.26. The van der Waals surface area contributed by atoms with Crippen LogP contribution in [0.15, 0.2) is 35.0 Å². The molecule has 0 bridgehead atoms. The monoisotopic (exact) mass is 291 g/mol. The normalized spacial score (nSPS) is 18.9. The van der Waals surface area contributed by atoms with Crippen LogP contribution in [0.25, 0.3) is 0 Å². The van der Waals surface area contributed by atoms with Gasteiger partial charge in [0, 0.05) is 25.5 Å². The lowest BCUT2D eigenvalue weighted by molar-refractivity contribution is -0.0454. The van der Waals surface area contributed by atoms with Crippen molar-refractivity contribution in [1.82, 2.24) is 14.7 Å². The lowest BCUT2D eigenvalue weighted by atomic mass is 10.2. The summed E-state index contributed by atoms with van der Waals surface area (Å²) in [6.07, 6.45) is 3.21. The molecule has 2 aromatic heterocycles. The van der Waals surface area contributed by atoms with Gasteiger partial charge in [-0.3, -0.25) is 9.48 Å². The van der Waals surface area contributed by atoms with Crippen molar-refractivity contribution >= 4 is 5.91 Å². The fraction of sp³-hybridized carbons (Fsp3) is 0.429. The van der Waals surface area contributed by atoms with Gasteiger partial charge in [0.1, 0.15) is 5.76 Å². The van der Waals surface area contributed by atoms with E-state index in [0.29, 0.717) is 37.8 Å². The molecular formula is C14H17N3O4. The van der Waals surface area contributed by atoms with E-state index in [1.165, 1.54) is 0 Å². The van der Waals surface area contributed by atoms with E-state index in [1.807, 2.05) is 12.3 Å². The van der Waals surface area contributed by atoms with Crippen LogP contribution >= 0.6 is 0 Å². The second kappa shape index (κ2) is 6.11. The molecule has 0 radical (unpaired) electrons. The Balaban J connectivity index is 1.66. The van der Waals surface area contributed by atoms with Crippen molar-refractivity contribution in [1.29, 1.82) is 0 Å². The molecule has 1 N–H and O–H groups in total. The maximum absolute atomic E-state index is 12.3. The number of aliphatic hydroxyl groups excluding tert-OH is 1. The average molecular weight is 291 g/mol. The SMILES string of the molecule is O=C(c1ccc(Cn2cccn2)o1)N1CCOC(CO)C1. The van der Waals surface area contributed by atoms with E-state index in [2.05, 4.69) is 5.10 Å². The van der Waals surface area contributed by atoms with E-state index in [-0.39, 0.29) is 18.6 Å². The summed E-state index contributed by atoms with van der Waals surface area (Å²) < 4.78 is 12.6. The molecule has 1 saturated heterocycles. The Morgan fingerprint density at radius 3 is 3.14 bits per heavy atom. The summed E-state index contributed by atoms with van der Waals surface area (Å²) in [5.41, 5.74) is 0. The van der Waals surface area contributed by atoms with E-state index in [1.54, 1.807) is 27.9 Å². The molecule has 7 heteroatoms. The maximum atomic E-state index is 12.3. The zero-order valence-corrected chi connectivity index (χ0v) is 11.5. The Labute approximate surface area is 121 Å². The summed E-state index contributed by atoms with van der Waals surface area (Å²) in [4.78, 5) is 14.0. The number of furan rings is 1. The molecule has 3 heterocycles. The Hall–Kier alpha value is -2.12. The third-order valence-corrected chi connectivity index (χ3v) is 3.38. The number of ether oxygens (including phenoxy) is 1. The highest BCUT2D eigenvalue weighted by Crippen LogP contribution is 2.14. The summed E-state index contributed by atoms with van der Waals surface area (Å²) in [5, 5.41) is 13.2. The van der Waals surface area contributed by atoms with Crippen LogP contribution in [-0.2, 0) is 11.3 Å². The zero-order valence-electron chi connectivity index (χ0n) is 11.5. The number of morpholine rings is 1. The van der Waals surface area contributed by atoms with E-state index < -0.39 is 0 Å². The van der Waals surface area contributed by atoms with Crippen LogP contribution in [0, 0.1) is 0 Å². The molecule has 0 spiro atoms. The maximum Gasteiger partial charge on any atom is 0.289 e. The Kier molecular flexibility index (Phi) is 4.03. The molecule has 3 rings (SSSR count). The van der Waals surface area contributed by atoms with Crippen LogP contribution in [0.5, 0.6) is 0 Å².